The molecule has 0 aliphatic rings. The van der Waals surface area contributed by atoms with Gasteiger partial charge in [0, 0.05) is 12.2 Å². The molecule has 1 aromatic heterocycles. The van der Waals surface area contributed by atoms with E-state index in [1.807, 2.05) is 6.07 Å². The second-order valence-corrected chi connectivity index (χ2v) is 4.51. The van der Waals surface area contributed by atoms with Crippen molar-refractivity contribution in [1.29, 1.82) is 5.26 Å². The molecular formula is C16H17N3. The third-order valence-corrected chi connectivity index (χ3v) is 3.14. The molecule has 3 nitrogen and oxygen atoms in total. The summed E-state index contributed by atoms with van der Waals surface area (Å²) in [7, 11) is 0. The molecule has 96 valence electrons. The first-order valence-corrected chi connectivity index (χ1v) is 6.44. The molecule has 0 spiro atoms. The fourth-order valence-electron chi connectivity index (χ4n) is 1.89. The summed E-state index contributed by atoms with van der Waals surface area (Å²) in [5.74, 6) is 0.783. The van der Waals surface area contributed by atoms with Crippen molar-refractivity contribution in [2.45, 2.75) is 26.3 Å². The summed E-state index contributed by atoms with van der Waals surface area (Å²) in [6, 6.07) is 14.4. The van der Waals surface area contributed by atoms with Gasteiger partial charge in [-0.3, -0.25) is 0 Å². The van der Waals surface area contributed by atoms with Gasteiger partial charge in [0.25, 0.3) is 0 Å². The number of anilines is 1. The Morgan fingerprint density at radius 2 is 1.95 bits per heavy atom. The van der Waals surface area contributed by atoms with E-state index in [1.54, 1.807) is 12.3 Å². The lowest BCUT2D eigenvalue weighted by molar-refractivity contribution is 0.872. The molecule has 1 unspecified atom stereocenters. The van der Waals surface area contributed by atoms with Crippen LogP contribution in [0, 0.1) is 11.3 Å². The lowest BCUT2D eigenvalue weighted by atomic mass is 10.1. The summed E-state index contributed by atoms with van der Waals surface area (Å²) >= 11 is 0. The molecule has 2 aromatic rings. The van der Waals surface area contributed by atoms with Crippen LogP contribution in [-0.4, -0.2) is 4.98 Å². The minimum absolute atomic E-state index is 0.186. The fraction of sp³-hybridized carbons (Fsp3) is 0.250. The predicted octanol–water partition coefficient (Wildman–Crippen LogP) is 3.69. The Balaban J connectivity index is 2.06. The molecule has 0 amide bonds. The highest BCUT2D eigenvalue weighted by molar-refractivity contribution is 5.41. The molecule has 0 aliphatic carbocycles. The van der Waals surface area contributed by atoms with Crippen molar-refractivity contribution in [2.75, 3.05) is 5.32 Å². The number of rotatable bonds is 4. The van der Waals surface area contributed by atoms with Crippen molar-refractivity contribution in [3.63, 3.8) is 0 Å². The molecule has 1 aromatic carbocycles. The molecule has 0 aliphatic heterocycles. The van der Waals surface area contributed by atoms with E-state index in [-0.39, 0.29) is 6.04 Å². The lowest BCUT2D eigenvalue weighted by Gasteiger charge is -2.15. The van der Waals surface area contributed by atoms with Crippen LogP contribution in [-0.2, 0) is 6.42 Å². The lowest BCUT2D eigenvalue weighted by Crippen LogP contribution is -2.07. The number of hydrogen-bond acceptors (Lipinski definition) is 3. The number of nitrogens with zero attached hydrogens (tertiary/aromatic N) is 2. The van der Waals surface area contributed by atoms with Crippen molar-refractivity contribution in [3.05, 3.63) is 59.3 Å². The van der Waals surface area contributed by atoms with Gasteiger partial charge in [0.1, 0.15) is 11.9 Å². The van der Waals surface area contributed by atoms with Crippen molar-refractivity contribution in [2.24, 2.45) is 0 Å². The molecule has 3 heteroatoms. The fourth-order valence-corrected chi connectivity index (χ4v) is 1.89. The van der Waals surface area contributed by atoms with Crippen LogP contribution in [0.3, 0.4) is 0 Å². The highest BCUT2D eigenvalue weighted by Gasteiger charge is 2.05. The van der Waals surface area contributed by atoms with E-state index in [9.17, 15) is 0 Å². The van der Waals surface area contributed by atoms with Crippen LogP contribution in [0.15, 0.2) is 42.6 Å². The minimum atomic E-state index is 0.186. The van der Waals surface area contributed by atoms with Gasteiger partial charge in [0.05, 0.1) is 5.56 Å². The Bertz CT molecular complexity index is 564. The van der Waals surface area contributed by atoms with Crippen LogP contribution >= 0.6 is 0 Å². The Kier molecular flexibility index (Phi) is 4.15. The van der Waals surface area contributed by atoms with Gasteiger partial charge in [-0.1, -0.05) is 31.2 Å². The largest absolute Gasteiger partial charge is 0.364 e. The van der Waals surface area contributed by atoms with Gasteiger partial charge >= 0.3 is 0 Å². The summed E-state index contributed by atoms with van der Waals surface area (Å²) < 4.78 is 0. The highest BCUT2D eigenvalue weighted by Crippen LogP contribution is 2.18. The molecule has 0 saturated carbocycles. The summed E-state index contributed by atoms with van der Waals surface area (Å²) in [6.45, 7) is 4.25. The monoisotopic (exact) mass is 251 g/mol. The summed E-state index contributed by atoms with van der Waals surface area (Å²) in [5, 5.41) is 12.1. The molecular weight excluding hydrogens is 234 g/mol. The number of nitrogens with one attached hydrogen (secondary N) is 1. The minimum Gasteiger partial charge on any atom is -0.364 e. The van der Waals surface area contributed by atoms with Gasteiger partial charge in [0.2, 0.25) is 0 Å². The average molecular weight is 251 g/mol. The van der Waals surface area contributed by atoms with E-state index >= 15 is 0 Å². The van der Waals surface area contributed by atoms with Gasteiger partial charge < -0.3 is 5.32 Å². The quantitative estimate of drug-likeness (QED) is 0.901. The molecule has 0 fully saturated rings. The topological polar surface area (TPSA) is 48.7 Å². The molecule has 1 atom stereocenters. The molecule has 19 heavy (non-hydrogen) atoms. The molecule has 0 bridgehead atoms. The van der Waals surface area contributed by atoms with Crippen LogP contribution in [0.5, 0.6) is 0 Å². The maximum atomic E-state index is 8.73. The number of aryl methyl sites for hydroxylation is 1. The molecule has 0 radical (unpaired) electrons. The molecule has 1 heterocycles. The first-order valence-electron chi connectivity index (χ1n) is 6.44. The molecule has 1 N–H and O–H groups in total. The SMILES string of the molecule is CCc1ccc(C(C)Nc2ccc(C#N)cn2)cc1. The van der Waals surface area contributed by atoms with E-state index in [0.717, 1.165) is 12.2 Å². The summed E-state index contributed by atoms with van der Waals surface area (Å²) in [6.07, 6.45) is 2.63. The third kappa shape index (κ3) is 3.32. The van der Waals surface area contributed by atoms with Gasteiger partial charge in [-0.2, -0.15) is 5.26 Å². The van der Waals surface area contributed by atoms with Crippen LogP contribution in [0.25, 0.3) is 0 Å². The normalized spacial score (nSPS) is 11.6. The number of hydrogen-bond donors (Lipinski definition) is 1. The Hall–Kier alpha value is -2.34. The van der Waals surface area contributed by atoms with Gasteiger partial charge in [0.15, 0.2) is 0 Å². The zero-order chi connectivity index (χ0) is 13.7. The van der Waals surface area contributed by atoms with E-state index in [0.29, 0.717) is 5.56 Å². The maximum Gasteiger partial charge on any atom is 0.126 e. The average Bonchev–Trinajstić information content (AvgIpc) is 2.48. The third-order valence-electron chi connectivity index (χ3n) is 3.14. The molecule has 0 saturated heterocycles. The van der Waals surface area contributed by atoms with Crippen LogP contribution < -0.4 is 5.32 Å². The number of nitriles is 1. The van der Waals surface area contributed by atoms with Crippen molar-refractivity contribution in [1.82, 2.24) is 4.98 Å². The van der Waals surface area contributed by atoms with Crippen LogP contribution in [0.2, 0.25) is 0 Å². The van der Waals surface area contributed by atoms with E-state index in [1.165, 1.54) is 11.1 Å². The zero-order valence-electron chi connectivity index (χ0n) is 11.2. The highest BCUT2D eigenvalue weighted by atomic mass is 15.0. The standard InChI is InChI=1S/C16H17N3/c1-3-13-4-7-15(8-5-13)12(2)19-16-9-6-14(10-17)11-18-16/h4-9,11-12H,3H2,1-2H3,(H,18,19). The predicted molar refractivity (Wildman–Crippen MR) is 76.8 cm³/mol. The Labute approximate surface area is 113 Å². The van der Waals surface area contributed by atoms with Crippen molar-refractivity contribution in [3.8, 4) is 6.07 Å². The van der Waals surface area contributed by atoms with Crippen molar-refractivity contribution < 1.29 is 0 Å². The summed E-state index contributed by atoms with van der Waals surface area (Å²) in [4.78, 5) is 4.22. The first kappa shape index (κ1) is 13.1. The Morgan fingerprint density at radius 1 is 1.21 bits per heavy atom. The molecule has 2 rings (SSSR count). The second-order valence-electron chi connectivity index (χ2n) is 4.51. The number of pyridine rings is 1. The van der Waals surface area contributed by atoms with Gasteiger partial charge in [-0.25, -0.2) is 4.98 Å². The van der Waals surface area contributed by atoms with Gasteiger partial charge in [-0.15, -0.1) is 0 Å². The Morgan fingerprint density at radius 3 is 2.47 bits per heavy atom. The summed E-state index contributed by atoms with van der Waals surface area (Å²) in [5.41, 5.74) is 3.14. The van der Waals surface area contributed by atoms with E-state index in [2.05, 4.69) is 54.5 Å². The first-order chi connectivity index (χ1) is 9.22. The van der Waals surface area contributed by atoms with Gasteiger partial charge in [-0.05, 0) is 36.6 Å². The maximum absolute atomic E-state index is 8.73. The number of aromatic nitrogens is 1. The van der Waals surface area contributed by atoms with Crippen molar-refractivity contribution >= 4 is 5.82 Å². The van der Waals surface area contributed by atoms with E-state index in [4.69, 9.17) is 5.26 Å². The second kappa shape index (κ2) is 6.01. The van der Waals surface area contributed by atoms with E-state index < -0.39 is 0 Å². The number of benzene rings is 1. The smallest absolute Gasteiger partial charge is 0.126 e. The zero-order valence-corrected chi connectivity index (χ0v) is 11.2. The van der Waals surface area contributed by atoms with Crippen LogP contribution in [0.1, 0.15) is 36.6 Å². The van der Waals surface area contributed by atoms with Crippen LogP contribution in [0.4, 0.5) is 5.82 Å².